The summed E-state index contributed by atoms with van der Waals surface area (Å²) < 4.78 is 0. The maximum absolute atomic E-state index is 12.5. The van der Waals surface area contributed by atoms with Crippen molar-refractivity contribution in [1.82, 2.24) is 4.98 Å². The van der Waals surface area contributed by atoms with Gasteiger partial charge in [-0.15, -0.1) is 11.3 Å². The molecule has 0 unspecified atom stereocenters. The molecule has 0 saturated heterocycles. The van der Waals surface area contributed by atoms with E-state index in [2.05, 4.69) is 10.3 Å². The van der Waals surface area contributed by atoms with Gasteiger partial charge >= 0.3 is 0 Å². The van der Waals surface area contributed by atoms with Crippen molar-refractivity contribution in [1.29, 1.82) is 0 Å². The molecule has 0 fully saturated rings. The molecule has 3 rings (SSSR count). The molecule has 0 saturated carbocycles. The van der Waals surface area contributed by atoms with Crippen LogP contribution in [-0.4, -0.2) is 23.3 Å². The topological polar surface area (TPSA) is 62.3 Å². The molecule has 0 atom stereocenters. The number of anilines is 2. The number of hydrogen-bond donors (Lipinski definition) is 1. The lowest BCUT2D eigenvalue weighted by molar-refractivity contribution is -0.118. The lowest BCUT2D eigenvalue weighted by atomic mass is 10.1. The molecule has 1 aliphatic heterocycles. The SMILES string of the molecule is CCN(C(=O)Cc1ccc2c(c1)NC(=O)C2)c1nc(C)cs1. The molecule has 0 radical (unpaired) electrons. The predicted molar refractivity (Wildman–Crippen MR) is 87.4 cm³/mol. The summed E-state index contributed by atoms with van der Waals surface area (Å²) in [6, 6.07) is 5.72. The zero-order chi connectivity index (χ0) is 15.7. The fourth-order valence-corrected chi connectivity index (χ4v) is 3.41. The fourth-order valence-electron chi connectivity index (χ4n) is 2.53. The van der Waals surface area contributed by atoms with E-state index in [9.17, 15) is 9.59 Å². The second kappa shape index (κ2) is 5.88. The number of fused-ring (bicyclic) bond motifs is 1. The van der Waals surface area contributed by atoms with Crippen LogP contribution >= 0.6 is 11.3 Å². The van der Waals surface area contributed by atoms with Gasteiger partial charge in [0.05, 0.1) is 18.5 Å². The number of hydrogen-bond acceptors (Lipinski definition) is 4. The van der Waals surface area contributed by atoms with Gasteiger partial charge in [-0.25, -0.2) is 4.98 Å². The Morgan fingerprint density at radius 3 is 2.95 bits per heavy atom. The van der Waals surface area contributed by atoms with E-state index in [1.165, 1.54) is 11.3 Å². The highest BCUT2D eigenvalue weighted by Crippen LogP contribution is 2.25. The van der Waals surface area contributed by atoms with Crippen molar-refractivity contribution in [2.45, 2.75) is 26.7 Å². The summed E-state index contributed by atoms with van der Waals surface area (Å²) >= 11 is 1.48. The molecule has 0 spiro atoms. The van der Waals surface area contributed by atoms with Gasteiger partial charge in [0.15, 0.2) is 5.13 Å². The maximum atomic E-state index is 12.5. The highest BCUT2D eigenvalue weighted by molar-refractivity contribution is 7.14. The smallest absolute Gasteiger partial charge is 0.233 e. The van der Waals surface area contributed by atoms with E-state index in [1.807, 2.05) is 37.4 Å². The Morgan fingerprint density at radius 1 is 1.45 bits per heavy atom. The quantitative estimate of drug-likeness (QED) is 0.943. The number of benzene rings is 1. The number of aryl methyl sites for hydroxylation is 1. The Hall–Kier alpha value is -2.21. The third kappa shape index (κ3) is 2.87. The Bertz CT molecular complexity index is 739. The van der Waals surface area contributed by atoms with Crippen molar-refractivity contribution in [3.8, 4) is 0 Å². The lowest BCUT2D eigenvalue weighted by Gasteiger charge is -2.18. The fraction of sp³-hybridized carbons (Fsp3) is 0.312. The molecule has 2 amide bonds. The van der Waals surface area contributed by atoms with Crippen LogP contribution < -0.4 is 10.2 Å². The normalized spacial score (nSPS) is 12.9. The van der Waals surface area contributed by atoms with Gasteiger partial charge in [-0.05, 0) is 31.0 Å². The van der Waals surface area contributed by atoms with Crippen LogP contribution in [-0.2, 0) is 22.4 Å². The van der Waals surface area contributed by atoms with E-state index < -0.39 is 0 Å². The summed E-state index contributed by atoms with van der Waals surface area (Å²) in [4.78, 5) is 30.0. The van der Waals surface area contributed by atoms with Gasteiger partial charge in [0.25, 0.3) is 0 Å². The third-order valence-corrected chi connectivity index (χ3v) is 4.59. The maximum Gasteiger partial charge on any atom is 0.233 e. The van der Waals surface area contributed by atoms with E-state index in [-0.39, 0.29) is 11.8 Å². The van der Waals surface area contributed by atoms with Crippen molar-refractivity contribution >= 4 is 34.0 Å². The van der Waals surface area contributed by atoms with Gasteiger partial charge in [-0.3, -0.25) is 14.5 Å². The second-order valence-corrected chi connectivity index (χ2v) is 6.14. The number of carbonyl (C=O) groups excluding carboxylic acids is 2. The summed E-state index contributed by atoms with van der Waals surface area (Å²) in [5.41, 5.74) is 3.64. The van der Waals surface area contributed by atoms with Gasteiger partial charge in [-0.2, -0.15) is 0 Å². The minimum absolute atomic E-state index is 0.00641. The molecule has 2 heterocycles. The Kier molecular flexibility index (Phi) is 3.94. The first-order chi connectivity index (χ1) is 10.6. The van der Waals surface area contributed by atoms with E-state index in [0.717, 1.165) is 27.6 Å². The van der Waals surface area contributed by atoms with Crippen LogP contribution in [0.2, 0.25) is 0 Å². The summed E-state index contributed by atoms with van der Waals surface area (Å²) in [6.45, 7) is 4.45. The molecule has 2 aromatic rings. The zero-order valence-corrected chi connectivity index (χ0v) is 13.4. The molecule has 6 heteroatoms. The van der Waals surface area contributed by atoms with Crippen LogP contribution in [0.1, 0.15) is 23.7 Å². The molecule has 1 N–H and O–H groups in total. The van der Waals surface area contributed by atoms with Crippen molar-refractivity contribution in [2.75, 3.05) is 16.8 Å². The zero-order valence-electron chi connectivity index (χ0n) is 12.5. The van der Waals surface area contributed by atoms with Crippen molar-refractivity contribution < 1.29 is 9.59 Å². The Labute approximate surface area is 133 Å². The van der Waals surface area contributed by atoms with Gasteiger partial charge in [-0.1, -0.05) is 12.1 Å². The first-order valence-corrected chi connectivity index (χ1v) is 8.09. The first kappa shape index (κ1) is 14.7. The average molecular weight is 315 g/mol. The van der Waals surface area contributed by atoms with Crippen LogP contribution in [0.3, 0.4) is 0 Å². The van der Waals surface area contributed by atoms with Gasteiger partial charge < -0.3 is 5.32 Å². The monoisotopic (exact) mass is 315 g/mol. The van der Waals surface area contributed by atoms with E-state index >= 15 is 0 Å². The Morgan fingerprint density at radius 2 is 2.27 bits per heavy atom. The number of carbonyl (C=O) groups is 2. The molecule has 1 aliphatic rings. The lowest BCUT2D eigenvalue weighted by Crippen LogP contribution is -2.31. The average Bonchev–Trinajstić information content (AvgIpc) is 3.04. The number of likely N-dealkylation sites (N-methyl/N-ethyl adjacent to an activating group) is 1. The summed E-state index contributed by atoms with van der Waals surface area (Å²) in [5, 5.41) is 5.49. The van der Waals surface area contributed by atoms with Crippen LogP contribution in [0.5, 0.6) is 0 Å². The number of aromatic nitrogens is 1. The van der Waals surface area contributed by atoms with Crippen LogP contribution in [0.4, 0.5) is 10.8 Å². The van der Waals surface area contributed by atoms with Crippen molar-refractivity contribution in [3.63, 3.8) is 0 Å². The first-order valence-electron chi connectivity index (χ1n) is 7.21. The van der Waals surface area contributed by atoms with Crippen molar-refractivity contribution in [3.05, 3.63) is 40.4 Å². The molecule has 114 valence electrons. The standard InChI is InChI=1S/C16H17N3O2S/c1-3-19(16-17-10(2)9-22-16)15(21)7-11-4-5-12-8-14(20)18-13(12)6-11/h4-6,9H,3,7-8H2,1-2H3,(H,18,20). The summed E-state index contributed by atoms with van der Waals surface area (Å²) in [7, 11) is 0. The van der Waals surface area contributed by atoms with Crippen LogP contribution in [0.15, 0.2) is 23.6 Å². The largest absolute Gasteiger partial charge is 0.326 e. The molecule has 0 aliphatic carbocycles. The second-order valence-electron chi connectivity index (χ2n) is 5.30. The number of rotatable bonds is 4. The number of nitrogens with zero attached hydrogens (tertiary/aromatic N) is 2. The highest BCUT2D eigenvalue weighted by atomic mass is 32.1. The van der Waals surface area contributed by atoms with Crippen LogP contribution in [0, 0.1) is 6.92 Å². The van der Waals surface area contributed by atoms with Crippen molar-refractivity contribution in [2.24, 2.45) is 0 Å². The number of nitrogens with one attached hydrogen (secondary N) is 1. The number of thiazole rings is 1. The number of amides is 2. The molecule has 5 nitrogen and oxygen atoms in total. The molecular formula is C16H17N3O2S. The molecule has 0 bridgehead atoms. The molecular weight excluding hydrogens is 298 g/mol. The highest BCUT2D eigenvalue weighted by Gasteiger charge is 2.20. The summed E-state index contributed by atoms with van der Waals surface area (Å²) in [5.74, 6) is 0.0213. The Balaban J connectivity index is 1.76. The van der Waals surface area contributed by atoms with Gasteiger partial charge in [0.2, 0.25) is 11.8 Å². The third-order valence-electron chi connectivity index (χ3n) is 3.61. The minimum atomic E-state index is 0.00641. The minimum Gasteiger partial charge on any atom is -0.326 e. The molecule has 22 heavy (non-hydrogen) atoms. The van der Waals surface area contributed by atoms with E-state index in [4.69, 9.17) is 0 Å². The van der Waals surface area contributed by atoms with Gasteiger partial charge in [0.1, 0.15) is 0 Å². The van der Waals surface area contributed by atoms with Crippen LogP contribution in [0.25, 0.3) is 0 Å². The van der Waals surface area contributed by atoms with E-state index in [0.29, 0.717) is 19.4 Å². The van der Waals surface area contributed by atoms with Gasteiger partial charge in [0, 0.05) is 17.6 Å². The predicted octanol–water partition coefficient (Wildman–Crippen LogP) is 2.54. The summed E-state index contributed by atoms with van der Waals surface area (Å²) in [6.07, 6.45) is 0.721. The van der Waals surface area contributed by atoms with E-state index in [1.54, 1.807) is 4.90 Å². The molecule has 1 aromatic heterocycles. The molecule has 1 aromatic carbocycles.